The second kappa shape index (κ2) is 15.2. The average Bonchev–Trinajstić information content (AvgIpc) is 3.03. The molecule has 7 nitrogen and oxygen atoms in total. The summed E-state index contributed by atoms with van der Waals surface area (Å²) in [6.45, 7) is 3.54. The fourth-order valence-electron chi connectivity index (χ4n) is 4.81. The van der Waals surface area contributed by atoms with Gasteiger partial charge < -0.3 is 10.2 Å². The van der Waals surface area contributed by atoms with Gasteiger partial charge in [0.25, 0.3) is 10.0 Å². The van der Waals surface area contributed by atoms with Crippen molar-refractivity contribution in [1.29, 1.82) is 0 Å². The van der Waals surface area contributed by atoms with Gasteiger partial charge in [0.2, 0.25) is 11.8 Å². The van der Waals surface area contributed by atoms with Gasteiger partial charge in [-0.15, -0.1) is 0 Å². The monoisotopic (exact) mass is 651 g/mol. The topological polar surface area (TPSA) is 86.8 Å². The molecule has 0 spiro atoms. The number of carbonyl (C=O) groups excluding carboxylic acids is 2. The summed E-state index contributed by atoms with van der Waals surface area (Å²) in [7, 11) is -4.22. The van der Waals surface area contributed by atoms with Crippen molar-refractivity contribution < 1.29 is 18.0 Å². The van der Waals surface area contributed by atoms with E-state index in [1.807, 2.05) is 37.3 Å². The number of aryl methyl sites for hydroxylation is 1. The van der Waals surface area contributed by atoms with Crippen LogP contribution in [0.2, 0.25) is 10.0 Å². The smallest absolute Gasteiger partial charge is 0.264 e. The van der Waals surface area contributed by atoms with Gasteiger partial charge in [0.05, 0.1) is 10.6 Å². The second-order valence-electron chi connectivity index (χ2n) is 10.4. The van der Waals surface area contributed by atoms with Crippen LogP contribution < -0.4 is 9.62 Å². The maximum absolute atomic E-state index is 14.5. The first kappa shape index (κ1) is 33.1. The van der Waals surface area contributed by atoms with E-state index in [0.717, 1.165) is 9.87 Å². The number of halogens is 2. The molecule has 0 aliphatic heterocycles. The molecule has 0 bridgehead atoms. The van der Waals surface area contributed by atoms with Crippen LogP contribution in [0.25, 0.3) is 0 Å². The Kier molecular flexibility index (Phi) is 11.4. The number of sulfonamides is 1. The molecular weight excluding hydrogens is 617 g/mol. The van der Waals surface area contributed by atoms with Gasteiger partial charge in [-0.05, 0) is 60.4 Å². The second-order valence-corrected chi connectivity index (χ2v) is 13.1. The van der Waals surface area contributed by atoms with Crippen LogP contribution in [0.1, 0.15) is 30.0 Å². The van der Waals surface area contributed by atoms with Gasteiger partial charge in [0.1, 0.15) is 12.6 Å². The molecule has 4 aromatic rings. The SMILES string of the molecule is CCCNC(=O)C(Cc1ccccc1)N(Cc1ccccc1Cl)C(=O)CN(c1cc(Cl)ccc1C)S(=O)(=O)c1ccccc1. The molecule has 1 unspecified atom stereocenters. The van der Waals surface area contributed by atoms with Crippen LogP contribution in [0.5, 0.6) is 0 Å². The normalized spacial score (nSPS) is 11.9. The number of nitrogens with zero attached hydrogens (tertiary/aromatic N) is 2. The highest BCUT2D eigenvalue weighted by Crippen LogP contribution is 2.30. The first-order valence-corrected chi connectivity index (χ1v) is 16.5. The number of hydrogen-bond donors (Lipinski definition) is 1. The van der Waals surface area contributed by atoms with Crippen molar-refractivity contribution in [3.05, 3.63) is 130 Å². The molecule has 4 rings (SSSR count). The van der Waals surface area contributed by atoms with Crippen molar-refractivity contribution in [2.45, 2.75) is 44.2 Å². The van der Waals surface area contributed by atoms with Gasteiger partial charge in [-0.1, -0.05) is 103 Å². The number of amides is 2. The van der Waals surface area contributed by atoms with Crippen LogP contribution in [0.4, 0.5) is 5.69 Å². The summed E-state index contributed by atoms with van der Waals surface area (Å²) in [6, 6.07) is 28.3. The molecule has 0 fully saturated rings. The molecule has 0 saturated heterocycles. The Labute approximate surface area is 269 Å². The molecule has 0 aliphatic rings. The van der Waals surface area contributed by atoms with Crippen molar-refractivity contribution in [1.82, 2.24) is 10.2 Å². The third-order valence-corrected chi connectivity index (χ3v) is 9.55. The Morgan fingerprint density at radius 3 is 2.16 bits per heavy atom. The van der Waals surface area contributed by atoms with Gasteiger partial charge in [-0.2, -0.15) is 0 Å². The van der Waals surface area contributed by atoms with Crippen molar-refractivity contribution in [3.8, 4) is 0 Å². The Balaban J connectivity index is 1.83. The van der Waals surface area contributed by atoms with Gasteiger partial charge in [0.15, 0.2) is 0 Å². The van der Waals surface area contributed by atoms with E-state index in [-0.39, 0.29) is 29.5 Å². The maximum Gasteiger partial charge on any atom is 0.264 e. The van der Waals surface area contributed by atoms with Crippen LogP contribution in [-0.4, -0.2) is 44.3 Å². The quantitative estimate of drug-likeness (QED) is 0.175. The molecule has 2 amide bonds. The fourth-order valence-corrected chi connectivity index (χ4v) is 6.67. The molecule has 0 saturated carbocycles. The average molecular weight is 653 g/mol. The minimum atomic E-state index is -4.22. The van der Waals surface area contributed by atoms with E-state index in [2.05, 4.69) is 5.32 Å². The lowest BCUT2D eigenvalue weighted by atomic mass is 10.0. The highest BCUT2D eigenvalue weighted by atomic mass is 35.5. The lowest BCUT2D eigenvalue weighted by Crippen LogP contribution is -2.53. The van der Waals surface area contributed by atoms with Crippen LogP contribution in [-0.2, 0) is 32.6 Å². The molecule has 230 valence electrons. The van der Waals surface area contributed by atoms with Crippen molar-refractivity contribution >= 4 is 50.7 Å². The third kappa shape index (κ3) is 8.20. The number of hydrogen-bond acceptors (Lipinski definition) is 4. The molecule has 1 N–H and O–H groups in total. The summed E-state index contributed by atoms with van der Waals surface area (Å²) in [5.41, 5.74) is 2.35. The summed E-state index contributed by atoms with van der Waals surface area (Å²) >= 11 is 12.9. The van der Waals surface area contributed by atoms with Crippen LogP contribution in [0, 0.1) is 6.92 Å². The Morgan fingerprint density at radius 2 is 1.50 bits per heavy atom. The highest BCUT2D eigenvalue weighted by molar-refractivity contribution is 7.92. The van der Waals surface area contributed by atoms with Gasteiger partial charge in [-0.3, -0.25) is 13.9 Å². The van der Waals surface area contributed by atoms with Crippen LogP contribution >= 0.6 is 23.2 Å². The molecule has 0 heterocycles. The fraction of sp³-hybridized carbons (Fsp3) is 0.235. The van der Waals surface area contributed by atoms with Crippen molar-refractivity contribution in [2.24, 2.45) is 0 Å². The summed E-state index contributed by atoms with van der Waals surface area (Å²) in [4.78, 5) is 29.6. The summed E-state index contributed by atoms with van der Waals surface area (Å²) < 4.78 is 29.3. The Morgan fingerprint density at radius 1 is 0.864 bits per heavy atom. The minimum absolute atomic E-state index is 0.0106. The zero-order valence-electron chi connectivity index (χ0n) is 24.6. The molecule has 1 atom stereocenters. The predicted molar refractivity (Wildman–Crippen MR) is 176 cm³/mol. The number of nitrogens with one attached hydrogen (secondary N) is 1. The molecule has 10 heteroatoms. The molecular formula is C34H35Cl2N3O4S. The molecule has 44 heavy (non-hydrogen) atoms. The zero-order valence-corrected chi connectivity index (χ0v) is 26.9. The first-order valence-electron chi connectivity index (χ1n) is 14.3. The van der Waals surface area contributed by atoms with E-state index in [0.29, 0.717) is 34.1 Å². The van der Waals surface area contributed by atoms with Crippen LogP contribution in [0.3, 0.4) is 0 Å². The van der Waals surface area contributed by atoms with E-state index in [4.69, 9.17) is 23.2 Å². The summed E-state index contributed by atoms with van der Waals surface area (Å²) in [5, 5.41) is 3.68. The largest absolute Gasteiger partial charge is 0.354 e. The summed E-state index contributed by atoms with van der Waals surface area (Å²) in [6.07, 6.45) is 0.924. The standard InChI is InChI=1S/C34H35Cl2N3O4S/c1-3-20-37-34(41)32(21-26-12-6-4-7-13-26)38(23-27-14-10-11-17-30(27)36)33(40)24-39(31-22-28(35)19-18-25(31)2)44(42,43)29-15-8-5-9-16-29/h4-19,22,32H,3,20-21,23-24H2,1-2H3,(H,37,41). The lowest BCUT2D eigenvalue weighted by molar-refractivity contribution is -0.140. The first-order chi connectivity index (χ1) is 21.1. The Hall–Kier alpha value is -3.85. The van der Waals surface area contributed by atoms with E-state index in [1.54, 1.807) is 61.5 Å². The van der Waals surface area contributed by atoms with Crippen molar-refractivity contribution in [2.75, 3.05) is 17.4 Å². The van der Waals surface area contributed by atoms with Crippen LogP contribution in [0.15, 0.2) is 108 Å². The molecule has 0 aromatic heterocycles. The summed E-state index contributed by atoms with van der Waals surface area (Å²) in [5.74, 6) is -0.913. The predicted octanol–water partition coefficient (Wildman–Crippen LogP) is 6.66. The molecule has 0 aliphatic carbocycles. The van der Waals surface area contributed by atoms with E-state index >= 15 is 0 Å². The van der Waals surface area contributed by atoms with E-state index in [9.17, 15) is 18.0 Å². The minimum Gasteiger partial charge on any atom is -0.354 e. The Bertz CT molecular complexity index is 1690. The number of anilines is 1. The number of carbonyl (C=O) groups is 2. The number of rotatable bonds is 13. The molecule has 0 radical (unpaired) electrons. The van der Waals surface area contributed by atoms with Gasteiger partial charge >= 0.3 is 0 Å². The third-order valence-electron chi connectivity index (χ3n) is 7.17. The highest BCUT2D eigenvalue weighted by Gasteiger charge is 2.35. The van der Waals surface area contributed by atoms with Crippen molar-refractivity contribution in [3.63, 3.8) is 0 Å². The maximum atomic E-state index is 14.5. The zero-order chi connectivity index (χ0) is 31.7. The van der Waals surface area contributed by atoms with Gasteiger partial charge in [-0.25, -0.2) is 8.42 Å². The lowest BCUT2D eigenvalue weighted by Gasteiger charge is -2.34. The van der Waals surface area contributed by atoms with E-state index < -0.39 is 28.5 Å². The van der Waals surface area contributed by atoms with Gasteiger partial charge in [0, 0.05) is 29.6 Å². The van der Waals surface area contributed by atoms with E-state index in [1.165, 1.54) is 23.1 Å². The molecule has 4 aromatic carbocycles. The number of benzene rings is 4.